The van der Waals surface area contributed by atoms with Crippen molar-refractivity contribution in [2.24, 2.45) is 5.92 Å². The lowest BCUT2D eigenvalue weighted by atomic mass is 9.88. The van der Waals surface area contributed by atoms with Gasteiger partial charge >= 0.3 is 0 Å². The molecule has 2 rings (SSSR count). The molecule has 1 aliphatic carbocycles. The first-order chi connectivity index (χ1) is 9.75. The van der Waals surface area contributed by atoms with E-state index in [1.807, 2.05) is 30.0 Å². The van der Waals surface area contributed by atoms with E-state index >= 15 is 0 Å². The Labute approximate surface area is 124 Å². The Hall–Kier alpha value is -1.29. The standard InChI is InChI=1S/C16H21NO2S/c18-14-9-7-13(8-10-14)16(19)17-11-4-12-20-15-5-2-1-3-6-15/h1-3,5-6,13H,4,7-12H2,(H,17,19). The van der Waals surface area contributed by atoms with Crippen molar-refractivity contribution in [3.63, 3.8) is 0 Å². The summed E-state index contributed by atoms with van der Waals surface area (Å²) in [6, 6.07) is 10.3. The second-order valence-corrected chi connectivity index (χ2v) is 6.29. The fraction of sp³-hybridized carbons (Fsp3) is 0.500. The van der Waals surface area contributed by atoms with Gasteiger partial charge in [-0.25, -0.2) is 0 Å². The number of hydrogen-bond donors (Lipinski definition) is 1. The first-order valence-corrected chi connectivity index (χ1v) is 8.21. The van der Waals surface area contributed by atoms with Crippen molar-refractivity contribution < 1.29 is 9.59 Å². The molecular formula is C16H21NO2S. The molecule has 3 nitrogen and oxygen atoms in total. The summed E-state index contributed by atoms with van der Waals surface area (Å²) in [5.74, 6) is 1.48. The smallest absolute Gasteiger partial charge is 0.223 e. The van der Waals surface area contributed by atoms with Crippen LogP contribution >= 0.6 is 11.8 Å². The van der Waals surface area contributed by atoms with Crippen LogP contribution in [0.15, 0.2) is 35.2 Å². The van der Waals surface area contributed by atoms with Crippen molar-refractivity contribution >= 4 is 23.5 Å². The molecule has 1 aromatic carbocycles. The summed E-state index contributed by atoms with van der Waals surface area (Å²) in [4.78, 5) is 24.3. The number of carbonyl (C=O) groups excluding carboxylic acids is 2. The molecule has 0 saturated heterocycles. The lowest BCUT2D eigenvalue weighted by Crippen LogP contribution is -2.34. The third-order valence-electron chi connectivity index (χ3n) is 3.55. The second-order valence-electron chi connectivity index (χ2n) is 5.12. The van der Waals surface area contributed by atoms with E-state index in [2.05, 4.69) is 17.4 Å². The Morgan fingerprint density at radius 1 is 1.20 bits per heavy atom. The van der Waals surface area contributed by atoms with E-state index in [1.54, 1.807) is 0 Å². The molecule has 1 fully saturated rings. The minimum absolute atomic E-state index is 0.0504. The third-order valence-corrected chi connectivity index (χ3v) is 4.64. The number of rotatable bonds is 6. The zero-order chi connectivity index (χ0) is 14.2. The minimum atomic E-state index is 0.0504. The highest BCUT2D eigenvalue weighted by Gasteiger charge is 2.24. The van der Waals surface area contributed by atoms with Gasteiger partial charge in [0.15, 0.2) is 0 Å². The number of amides is 1. The quantitative estimate of drug-likeness (QED) is 0.647. The van der Waals surface area contributed by atoms with Gasteiger partial charge in [0.1, 0.15) is 5.78 Å². The molecule has 0 bridgehead atoms. The van der Waals surface area contributed by atoms with Crippen LogP contribution in [0.1, 0.15) is 32.1 Å². The summed E-state index contributed by atoms with van der Waals surface area (Å²) in [6.07, 6.45) is 3.56. The van der Waals surface area contributed by atoms with Crippen molar-refractivity contribution in [1.82, 2.24) is 5.32 Å². The summed E-state index contributed by atoms with van der Waals surface area (Å²) in [6.45, 7) is 0.725. The van der Waals surface area contributed by atoms with Crippen LogP contribution in [0.3, 0.4) is 0 Å². The van der Waals surface area contributed by atoms with E-state index in [4.69, 9.17) is 0 Å². The molecule has 1 N–H and O–H groups in total. The Morgan fingerprint density at radius 2 is 1.90 bits per heavy atom. The predicted molar refractivity (Wildman–Crippen MR) is 81.8 cm³/mol. The topological polar surface area (TPSA) is 46.2 Å². The van der Waals surface area contributed by atoms with Gasteiger partial charge in [0.05, 0.1) is 0 Å². The lowest BCUT2D eigenvalue weighted by molar-refractivity contribution is -0.128. The average molecular weight is 291 g/mol. The number of benzene rings is 1. The number of thioether (sulfide) groups is 1. The summed E-state index contributed by atoms with van der Waals surface area (Å²) >= 11 is 1.81. The number of hydrogen-bond acceptors (Lipinski definition) is 3. The van der Waals surface area contributed by atoms with Gasteiger partial charge in [0, 0.05) is 30.2 Å². The highest BCUT2D eigenvalue weighted by molar-refractivity contribution is 7.99. The zero-order valence-corrected chi connectivity index (χ0v) is 12.5. The second kappa shape index (κ2) is 8.10. The van der Waals surface area contributed by atoms with Crippen LogP contribution in [-0.4, -0.2) is 24.0 Å². The maximum atomic E-state index is 11.9. The number of carbonyl (C=O) groups is 2. The summed E-state index contributed by atoms with van der Waals surface area (Å²) in [5, 5.41) is 2.99. The molecule has 1 amide bonds. The van der Waals surface area contributed by atoms with Crippen LogP contribution in [0.4, 0.5) is 0 Å². The van der Waals surface area contributed by atoms with Crippen molar-refractivity contribution in [3.05, 3.63) is 30.3 Å². The lowest BCUT2D eigenvalue weighted by Gasteiger charge is -2.20. The maximum absolute atomic E-state index is 11.9. The van der Waals surface area contributed by atoms with Gasteiger partial charge in [0.25, 0.3) is 0 Å². The fourth-order valence-corrected chi connectivity index (χ4v) is 3.21. The Kier molecular flexibility index (Phi) is 6.12. The fourth-order valence-electron chi connectivity index (χ4n) is 2.34. The Morgan fingerprint density at radius 3 is 2.60 bits per heavy atom. The van der Waals surface area contributed by atoms with Crippen molar-refractivity contribution in [2.75, 3.05) is 12.3 Å². The van der Waals surface area contributed by atoms with Gasteiger partial charge in [-0.05, 0) is 37.1 Å². The molecule has 0 aliphatic heterocycles. The summed E-state index contributed by atoms with van der Waals surface area (Å²) < 4.78 is 0. The van der Waals surface area contributed by atoms with Crippen molar-refractivity contribution in [3.8, 4) is 0 Å². The molecular weight excluding hydrogens is 270 g/mol. The molecule has 0 atom stereocenters. The summed E-state index contributed by atoms with van der Waals surface area (Å²) in [5.41, 5.74) is 0. The third kappa shape index (κ3) is 5.00. The summed E-state index contributed by atoms with van der Waals surface area (Å²) in [7, 11) is 0. The number of Topliss-reactive ketones (excluding diaryl/α,β-unsaturated/α-hetero) is 1. The molecule has 4 heteroatoms. The highest BCUT2D eigenvalue weighted by atomic mass is 32.2. The van der Waals surface area contributed by atoms with Gasteiger partial charge in [-0.3, -0.25) is 9.59 Å². The number of nitrogens with one attached hydrogen (secondary N) is 1. The molecule has 0 radical (unpaired) electrons. The molecule has 20 heavy (non-hydrogen) atoms. The van der Waals surface area contributed by atoms with Crippen LogP contribution < -0.4 is 5.32 Å². The van der Waals surface area contributed by atoms with Crippen molar-refractivity contribution in [2.45, 2.75) is 37.0 Å². The monoisotopic (exact) mass is 291 g/mol. The van der Waals surface area contributed by atoms with Gasteiger partial charge < -0.3 is 5.32 Å². The molecule has 1 saturated carbocycles. The molecule has 1 aliphatic rings. The average Bonchev–Trinajstić information content (AvgIpc) is 2.48. The first kappa shape index (κ1) is 15.1. The zero-order valence-electron chi connectivity index (χ0n) is 11.6. The van der Waals surface area contributed by atoms with E-state index in [0.717, 1.165) is 31.6 Å². The minimum Gasteiger partial charge on any atom is -0.356 e. The van der Waals surface area contributed by atoms with Gasteiger partial charge in [0.2, 0.25) is 5.91 Å². The maximum Gasteiger partial charge on any atom is 0.223 e. The Balaban J connectivity index is 1.57. The van der Waals surface area contributed by atoms with Gasteiger partial charge in [-0.2, -0.15) is 0 Å². The van der Waals surface area contributed by atoms with Gasteiger partial charge in [-0.1, -0.05) is 18.2 Å². The van der Waals surface area contributed by atoms with E-state index in [0.29, 0.717) is 18.6 Å². The molecule has 0 aromatic heterocycles. The van der Waals surface area contributed by atoms with E-state index in [-0.39, 0.29) is 11.8 Å². The largest absolute Gasteiger partial charge is 0.356 e. The number of ketones is 1. The molecule has 0 spiro atoms. The first-order valence-electron chi connectivity index (χ1n) is 7.23. The van der Waals surface area contributed by atoms with Crippen LogP contribution in [0.5, 0.6) is 0 Å². The SMILES string of the molecule is O=C1CCC(C(=O)NCCCSc2ccccc2)CC1. The highest BCUT2D eigenvalue weighted by Crippen LogP contribution is 2.21. The molecule has 1 aromatic rings. The Bertz CT molecular complexity index is 437. The molecule has 0 heterocycles. The molecule has 108 valence electrons. The van der Waals surface area contributed by atoms with Crippen molar-refractivity contribution in [1.29, 1.82) is 0 Å². The van der Waals surface area contributed by atoms with Crippen LogP contribution in [0, 0.1) is 5.92 Å². The normalized spacial score (nSPS) is 16.1. The van der Waals surface area contributed by atoms with E-state index in [9.17, 15) is 9.59 Å². The van der Waals surface area contributed by atoms with Crippen LogP contribution in [0.2, 0.25) is 0 Å². The van der Waals surface area contributed by atoms with E-state index in [1.165, 1.54) is 4.90 Å². The van der Waals surface area contributed by atoms with Crippen LogP contribution in [-0.2, 0) is 9.59 Å². The molecule has 0 unspecified atom stereocenters. The van der Waals surface area contributed by atoms with Crippen LogP contribution in [0.25, 0.3) is 0 Å². The van der Waals surface area contributed by atoms with E-state index < -0.39 is 0 Å². The predicted octanol–water partition coefficient (Wildman–Crippen LogP) is 3.04. The van der Waals surface area contributed by atoms with Gasteiger partial charge in [-0.15, -0.1) is 11.8 Å².